The first kappa shape index (κ1) is 64.4. The van der Waals surface area contributed by atoms with Crippen LogP contribution in [0.5, 0.6) is 0 Å². The smallest absolute Gasteiger partial charge is 0.164 e. The summed E-state index contributed by atoms with van der Waals surface area (Å²) in [6.45, 7) is 0. The molecule has 1 spiro atoms. The Bertz CT molecular complexity index is 6470. The zero-order chi connectivity index (χ0) is 72.2. The maximum absolute atomic E-state index is 5.33. The summed E-state index contributed by atoms with van der Waals surface area (Å²) in [6, 6.07) is 152. The molecule has 2 aliphatic carbocycles. The molecular weight excluding hydrogens is 1320 g/mol. The van der Waals surface area contributed by atoms with Gasteiger partial charge in [-0.2, -0.15) is 0 Å². The fraction of sp³-hybridized carbons (Fsp3) is 0.00943. The monoisotopic (exact) mass is 1380 g/mol. The first-order valence-corrected chi connectivity index (χ1v) is 37.4. The third-order valence-electron chi connectivity index (χ3n) is 22.2. The fourth-order valence-corrected chi connectivity index (χ4v) is 16.8. The van der Waals surface area contributed by atoms with E-state index in [4.69, 9.17) is 15.0 Å². The third-order valence-corrected chi connectivity index (χ3v) is 22.2. The van der Waals surface area contributed by atoms with E-state index in [0.29, 0.717) is 17.5 Å². The highest BCUT2D eigenvalue weighted by Crippen LogP contribution is 2.63. The highest BCUT2D eigenvalue weighted by atomic mass is 15.0. The molecule has 0 radical (unpaired) electrons. The van der Waals surface area contributed by atoms with Gasteiger partial charge in [0.1, 0.15) is 0 Å². The lowest BCUT2D eigenvalue weighted by atomic mass is 9.70. The predicted molar refractivity (Wildman–Crippen MR) is 452 cm³/mol. The van der Waals surface area contributed by atoms with Crippen molar-refractivity contribution in [2.24, 2.45) is 0 Å². The zero-order valence-corrected chi connectivity index (χ0v) is 59.7. The van der Waals surface area contributed by atoms with Crippen LogP contribution in [-0.2, 0) is 5.41 Å². The molecule has 1 aromatic heterocycles. The lowest BCUT2D eigenvalue weighted by molar-refractivity contribution is 0.794. The molecular formula is C106H69N3. The van der Waals surface area contributed by atoms with Crippen molar-refractivity contribution in [3.63, 3.8) is 0 Å². The van der Waals surface area contributed by atoms with Crippen LogP contribution >= 0.6 is 0 Å². The first-order valence-electron chi connectivity index (χ1n) is 37.4. The van der Waals surface area contributed by atoms with Crippen LogP contribution in [-0.4, -0.2) is 15.0 Å². The fourth-order valence-electron chi connectivity index (χ4n) is 16.8. The predicted octanol–water partition coefficient (Wildman–Crippen LogP) is 27.6. The van der Waals surface area contributed by atoms with Crippen molar-refractivity contribution in [3.8, 4) is 179 Å². The highest BCUT2D eigenvalue weighted by molar-refractivity contribution is 5.97. The molecule has 0 saturated carbocycles. The molecule has 0 N–H and O–H groups in total. The average molecular weight is 1380 g/mol. The quantitative estimate of drug-likeness (QED) is 0.109. The van der Waals surface area contributed by atoms with Crippen LogP contribution in [0.2, 0.25) is 0 Å². The van der Waals surface area contributed by atoms with Crippen molar-refractivity contribution < 1.29 is 0 Å². The first-order chi connectivity index (χ1) is 53.9. The molecule has 17 aromatic carbocycles. The van der Waals surface area contributed by atoms with Gasteiger partial charge in [0, 0.05) is 16.7 Å². The second kappa shape index (κ2) is 27.3. The largest absolute Gasteiger partial charge is 0.208 e. The Morgan fingerprint density at radius 3 is 0.596 bits per heavy atom. The Hall–Kier alpha value is -14.3. The van der Waals surface area contributed by atoms with Crippen molar-refractivity contribution >= 4 is 0 Å². The summed E-state index contributed by atoms with van der Waals surface area (Å²) in [5.41, 5.74) is 38.3. The van der Waals surface area contributed by atoms with E-state index in [9.17, 15) is 0 Å². The summed E-state index contributed by atoms with van der Waals surface area (Å²) in [5.74, 6) is 1.77. The van der Waals surface area contributed by atoms with E-state index in [0.717, 1.165) is 83.5 Å². The van der Waals surface area contributed by atoms with Gasteiger partial charge in [0.05, 0.1) is 5.41 Å². The van der Waals surface area contributed by atoms with Gasteiger partial charge < -0.3 is 0 Å². The summed E-state index contributed by atoms with van der Waals surface area (Å²) >= 11 is 0. The Kier molecular flexibility index (Phi) is 16.1. The molecule has 0 bridgehead atoms. The number of aromatic nitrogens is 3. The zero-order valence-electron chi connectivity index (χ0n) is 59.7. The molecule has 508 valence electrons. The van der Waals surface area contributed by atoms with Crippen LogP contribution in [0.25, 0.3) is 179 Å². The summed E-state index contributed by atoms with van der Waals surface area (Å²) in [6.07, 6.45) is 0. The standard InChI is InChI=1S/C106H69N3/c1-3-22-70(23-4-1)76-26-13-30-80(60-76)82-32-15-28-78(62-82)72-50-54-74(55-51-72)103-107-104(109-105(108-103)94-43-21-42-92(68-94)90-40-19-38-88(66-90)86-36-17-34-84(64-86)81-31-14-27-77(61-81)71-24-5-2-6-25-71)75-56-52-73(53-57-75)79-29-16-33-83(63-79)85-35-18-37-87(65-85)89-39-20-41-91(67-89)93-58-59-98-97-46-9-12-49-101(97)106(102(98)69-93)99-47-10-7-44-95(99)96-45-8-11-48-100(96)106/h1-69H. The molecule has 3 nitrogen and oxygen atoms in total. The minimum atomic E-state index is -0.401. The van der Waals surface area contributed by atoms with Crippen LogP contribution in [0.1, 0.15) is 22.3 Å². The van der Waals surface area contributed by atoms with E-state index in [1.54, 1.807) is 0 Å². The van der Waals surface area contributed by atoms with Gasteiger partial charge in [0.25, 0.3) is 0 Å². The number of benzene rings is 17. The molecule has 2 aliphatic rings. The Labute approximate surface area is 635 Å². The topological polar surface area (TPSA) is 38.7 Å². The molecule has 3 heteroatoms. The Morgan fingerprint density at radius 1 is 0.119 bits per heavy atom. The summed E-state index contributed by atoms with van der Waals surface area (Å²) in [7, 11) is 0. The summed E-state index contributed by atoms with van der Waals surface area (Å²) in [5, 5.41) is 0. The van der Waals surface area contributed by atoms with Gasteiger partial charge in [-0.25, -0.2) is 15.0 Å². The SMILES string of the molecule is c1ccc(-c2cccc(-c3cccc(-c4ccc(-c5nc(-c6ccc(-c7cccc(-c8cccc(-c9cccc(-c%10ccc%11c(c%10)C%10(c%12ccccc%12-c%12ccccc%12%10)c%10ccccc%10-%11)c9)c8)c7)cc6)nc(-c6cccc(-c7cccc(-c8cccc(-c9cccc(-c%10ccccc%10)c9)c8)c7)c6)n5)cc4)c3)c2)cc1. The minimum Gasteiger partial charge on any atom is -0.208 e. The number of nitrogens with zero attached hydrogens (tertiary/aromatic N) is 3. The molecule has 0 unspecified atom stereocenters. The van der Waals surface area contributed by atoms with Gasteiger partial charge >= 0.3 is 0 Å². The summed E-state index contributed by atoms with van der Waals surface area (Å²) < 4.78 is 0. The van der Waals surface area contributed by atoms with Crippen LogP contribution in [0.3, 0.4) is 0 Å². The van der Waals surface area contributed by atoms with Crippen LogP contribution in [0.15, 0.2) is 419 Å². The lowest BCUT2D eigenvalue weighted by Gasteiger charge is -2.30. The highest BCUT2D eigenvalue weighted by Gasteiger charge is 2.51. The minimum absolute atomic E-state index is 0.401. The van der Waals surface area contributed by atoms with Gasteiger partial charge in [-0.15, -0.1) is 0 Å². The average Bonchev–Trinajstić information content (AvgIpc) is 1.51. The number of hydrogen-bond donors (Lipinski definition) is 0. The van der Waals surface area contributed by atoms with E-state index in [1.807, 2.05) is 0 Å². The number of fused-ring (bicyclic) bond motifs is 10. The molecule has 0 saturated heterocycles. The third kappa shape index (κ3) is 11.9. The number of rotatable bonds is 14. The maximum atomic E-state index is 5.33. The second-order valence-electron chi connectivity index (χ2n) is 28.6. The lowest BCUT2D eigenvalue weighted by Crippen LogP contribution is -2.25. The Balaban J connectivity index is 0.606. The summed E-state index contributed by atoms with van der Waals surface area (Å²) in [4.78, 5) is 16.0. The van der Waals surface area contributed by atoms with Gasteiger partial charge in [0.2, 0.25) is 0 Å². The second-order valence-corrected chi connectivity index (χ2v) is 28.6. The van der Waals surface area contributed by atoms with E-state index in [1.165, 1.54) is 100 Å². The molecule has 0 atom stereocenters. The van der Waals surface area contributed by atoms with Gasteiger partial charge in [0.15, 0.2) is 17.5 Å². The normalized spacial score (nSPS) is 12.1. The van der Waals surface area contributed by atoms with Crippen molar-refractivity contribution in [3.05, 3.63) is 441 Å². The van der Waals surface area contributed by atoms with E-state index in [2.05, 4.69) is 419 Å². The van der Waals surface area contributed by atoms with E-state index in [-0.39, 0.29) is 0 Å². The van der Waals surface area contributed by atoms with Gasteiger partial charge in [-0.1, -0.05) is 358 Å². The number of hydrogen-bond acceptors (Lipinski definition) is 3. The van der Waals surface area contributed by atoms with Crippen molar-refractivity contribution in [1.29, 1.82) is 0 Å². The molecule has 0 amide bonds. The molecule has 20 rings (SSSR count). The Morgan fingerprint density at radius 2 is 0.303 bits per heavy atom. The molecule has 1 heterocycles. The van der Waals surface area contributed by atoms with E-state index >= 15 is 0 Å². The van der Waals surface area contributed by atoms with Crippen molar-refractivity contribution in [2.45, 2.75) is 5.41 Å². The van der Waals surface area contributed by atoms with Crippen molar-refractivity contribution in [2.75, 3.05) is 0 Å². The molecule has 0 fully saturated rings. The van der Waals surface area contributed by atoms with Crippen LogP contribution in [0.4, 0.5) is 0 Å². The van der Waals surface area contributed by atoms with Crippen molar-refractivity contribution in [1.82, 2.24) is 15.0 Å². The molecule has 109 heavy (non-hydrogen) atoms. The van der Waals surface area contributed by atoms with Gasteiger partial charge in [-0.05, 0) is 228 Å². The van der Waals surface area contributed by atoms with E-state index < -0.39 is 5.41 Å². The van der Waals surface area contributed by atoms with Crippen LogP contribution < -0.4 is 0 Å². The maximum Gasteiger partial charge on any atom is 0.164 e. The van der Waals surface area contributed by atoms with Crippen LogP contribution in [0, 0.1) is 0 Å². The van der Waals surface area contributed by atoms with Gasteiger partial charge in [-0.3, -0.25) is 0 Å². The molecule has 18 aromatic rings. The molecule has 0 aliphatic heterocycles.